The van der Waals surface area contributed by atoms with Crippen molar-refractivity contribution in [3.8, 4) is 5.75 Å². The summed E-state index contributed by atoms with van der Waals surface area (Å²) >= 11 is 5.87. The fourth-order valence-electron chi connectivity index (χ4n) is 3.50. The quantitative estimate of drug-likeness (QED) is 0.713. The largest absolute Gasteiger partial charge is 0.484 e. The number of benzene rings is 2. The van der Waals surface area contributed by atoms with Gasteiger partial charge in [0.15, 0.2) is 6.61 Å². The lowest BCUT2D eigenvalue weighted by atomic mass is 10.1. The van der Waals surface area contributed by atoms with Crippen LogP contribution in [0, 0.1) is 5.82 Å². The highest BCUT2D eigenvalue weighted by Gasteiger charge is 2.29. The fourth-order valence-corrected chi connectivity index (χ4v) is 3.63. The molecule has 1 aliphatic rings. The third-order valence-corrected chi connectivity index (χ3v) is 5.41. The second-order valence-corrected chi connectivity index (χ2v) is 7.66. The van der Waals surface area contributed by atoms with Gasteiger partial charge in [0.2, 0.25) is 0 Å². The first-order chi connectivity index (χ1) is 14.0. The van der Waals surface area contributed by atoms with Crippen LogP contribution in [0.2, 0.25) is 5.02 Å². The summed E-state index contributed by atoms with van der Waals surface area (Å²) in [5, 5.41) is 3.82. The van der Waals surface area contributed by atoms with Crippen LogP contribution in [0.25, 0.3) is 0 Å². The molecule has 1 saturated heterocycles. The van der Waals surface area contributed by atoms with Crippen molar-refractivity contribution in [1.82, 2.24) is 15.1 Å². The highest BCUT2D eigenvalue weighted by atomic mass is 35.5. The van der Waals surface area contributed by atoms with Gasteiger partial charge in [0.05, 0.1) is 0 Å². The topological polar surface area (TPSA) is 44.8 Å². The Morgan fingerprint density at radius 2 is 1.90 bits per heavy atom. The number of carbonyl (C=O) groups is 1. The molecule has 3 rings (SSSR count). The molecule has 1 unspecified atom stereocenters. The average molecular weight is 420 g/mol. The summed E-state index contributed by atoms with van der Waals surface area (Å²) in [7, 11) is 1.93. The highest BCUT2D eigenvalue weighted by molar-refractivity contribution is 6.30. The van der Waals surface area contributed by atoms with Crippen LogP contribution in [0.1, 0.15) is 12.0 Å². The first-order valence-corrected chi connectivity index (χ1v) is 10.2. The van der Waals surface area contributed by atoms with Crippen LogP contribution in [0.5, 0.6) is 5.75 Å². The molecule has 0 aliphatic carbocycles. The van der Waals surface area contributed by atoms with Crippen LogP contribution < -0.4 is 10.1 Å². The summed E-state index contributed by atoms with van der Waals surface area (Å²) in [6.45, 7) is 3.72. The Labute approximate surface area is 176 Å². The third kappa shape index (κ3) is 6.42. The molecule has 29 heavy (non-hydrogen) atoms. The van der Waals surface area contributed by atoms with E-state index < -0.39 is 0 Å². The smallest absolute Gasteiger partial charge is 0.260 e. The summed E-state index contributed by atoms with van der Waals surface area (Å²) in [5.74, 6) is 0.386. The Morgan fingerprint density at radius 1 is 1.17 bits per heavy atom. The lowest BCUT2D eigenvalue weighted by Gasteiger charge is -2.41. The average Bonchev–Trinajstić information content (AvgIpc) is 2.74. The maximum Gasteiger partial charge on any atom is 0.260 e. The molecule has 0 spiro atoms. The summed E-state index contributed by atoms with van der Waals surface area (Å²) in [5.41, 5.74) is 1.08. The zero-order chi connectivity index (χ0) is 20.6. The van der Waals surface area contributed by atoms with Crippen molar-refractivity contribution in [2.45, 2.75) is 19.0 Å². The predicted octanol–water partition coefficient (Wildman–Crippen LogP) is 3.18. The molecule has 156 valence electrons. The minimum atomic E-state index is -0.225. The van der Waals surface area contributed by atoms with Crippen LogP contribution in [-0.4, -0.2) is 61.6 Å². The summed E-state index contributed by atoms with van der Waals surface area (Å²) < 4.78 is 18.8. The summed E-state index contributed by atoms with van der Waals surface area (Å²) in [4.78, 5) is 16.9. The van der Waals surface area contributed by atoms with E-state index in [9.17, 15) is 9.18 Å². The number of ether oxygens (including phenoxy) is 1. The standard InChI is InChI=1S/C22H27ClFN3O2/c1-25-11-10-20-15-27(22(28)16-29-21-8-4-18(23)5-9-21)13-12-26(20)14-17-2-6-19(24)7-3-17/h2-9,20,25H,10-16H2,1H3. The number of hydrogen-bond donors (Lipinski definition) is 1. The monoisotopic (exact) mass is 419 g/mol. The van der Waals surface area contributed by atoms with E-state index in [0.717, 1.165) is 31.6 Å². The second kappa shape index (κ2) is 10.6. The van der Waals surface area contributed by atoms with Gasteiger partial charge in [-0.15, -0.1) is 0 Å². The third-order valence-electron chi connectivity index (χ3n) is 5.16. The van der Waals surface area contributed by atoms with E-state index in [1.54, 1.807) is 24.3 Å². The second-order valence-electron chi connectivity index (χ2n) is 7.23. The first kappa shape index (κ1) is 21.6. The molecule has 1 N–H and O–H groups in total. The maximum absolute atomic E-state index is 13.2. The molecule has 1 aliphatic heterocycles. The van der Waals surface area contributed by atoms with Gasteiger partial charge >= 0.3 is 0 Å². The number of rotatable bonds is 8. The molecule has 1 amide bonds. The van der Waals surface area contributed by atoms with E-state index in [0.29, 0.717) is 23.9 Å². The van der Waals surface area contributed by atoms with Crippen LogP contribution in [0.4, 0.5) is 4.39 Å². The van der Waals surface area contributed by atoms with E-state index in [1.165, 1.54) is 12.1 Å². The molecule has 7 heteroatoms. The molecule has 1 atom stereocenters. The van der Waals surface area contributed by atoms with Crippen LogP contribution in [0.15, 0.2) is 48.5 Å². The number of hydrogen-bond acceptors (Lipinski definition) is 4. The number of carbonyl (C=O) groups excluding carboxylic acids is 1. The summed E-state index contributed by atoms with van der Waals surface area (Å²) in [6, 6.07) is 13.9. The molecule has 5 nitrogen and oxygen atoms in total. The van der Waals surface area contributed by atoms with Gasteiger partial charge in [0.1, 0.15) is 11.6 Å². The number of nitrogens with one attached hydrogen (secondary N) is 1. The normalized spacial score (nSPS) is 17.3. The van der Waals surface area contributed by atoms with Gasteiger partial charge in [-0.1, -0.05) is 23.7 Å². The fraction of sp³-hybridized carbons (Fsp3) is 0.409. The van der Waals surface area contributed by atoms with E-state index in [1.807, 2.05) is 24.1 Å². The maximum atomic E-state index is 13.2. The Bertz CT molecular complexity index is 786. The zero-order valence-corrected chi connectivity index (χ0v) is 17.4. The van der Waals surface area contributed by atoms with Crippen molar-refractivity contribution < 1.29 is 13.9 Å². The Hall–Kier alpha value is -2.15. The molecule has 0 aromatic heterocycles. The minimum Gasteiger partial charge on any atom is -0.484 e. The van der Waals surface area contributed by atoms with Crippen molar-refractivity contribution in [1.29, 1.82) is 0 Å². The first-order valence-electron chi connectivity index (χ1n) is 9.84. The lowest BCUT2D eigenvalue weighted by molar-refractivity contribution is -0.136. The van der Waals surface area contributed by atoms with E-state index >= 15 is 0 Å². The summed E-state index contributed by atoms with van der Waals surface area (Å²) in [6.07, 6.45) is 0.930. The molecular formula is C22H27ClFN3O2. The number of piperazine rings is 1. The van der Waals surface area contributed by atoms with Crippen LogP contribution in [0.3, 0.4) is 0 Å². The molecule has 0 bridgehead atoms. The Kier molecular flexibility index (Phi) is 7.86. The lowest BCUT2D eigenvalue weighted by Crippen LogP contribution is -2.55. The van der Waals surface area contributed by atoms with Gasteiger partial charge in [-0.3, -0.25) is 9.69 Å². The van der Waals surface area contributed by atoms with E-state index in [-0.39, 0.29) is 24.4 Å². The van der Waals surface area contributed by atoms with Gasteiger partial charge in [0, 0.05) is 37.2 Å². The molecule has 2 aromatic carbocycles. The van der Waals surface area contributed by atoms with Crippen molar-refractivity contribution in [3.63, 3.8) is 0 Å². The van der Waals surface area contributed by atoms with Crippen molar-refractivity contribution >= 4 is 17.5 Å². The van der Waals surface area contributed by atoms with E-state index in [2.05, 4.69) is 10.2 Å². The Morgan fingerprint density at radius 3 is 2.59 bits per heavy atom. The van der Waals surface area contributed by atoms with Gasteiger partial charge in [-0.05, 0) is 62.0 Å². The van der Waals surface area contributed by atoms with Gasteiger partial charge < -0.3 is 15.0 Å². The highest BCUT2D eigenvalue weighted by Crippen LogP contribution is 2.18. The predicted molar refractivity (Wildman–Crippen MR) is 113 cm³/mol. The Balaban J connectivity index is 1.57. The number of amides is 1. The van der Waals surface area contributed by atoms with Crippen LogP contribution >= 0.6 is 11.6 Å². The molecule has 1 heterocycles. The van der Waals surface area contributed by atoms with Crippen molar-refractivity contribution in [2.24, 2.45) is 0 Å². The zero-order valence-electron chi connectivity index (χ0n) is 16.6. The SMILES string of the molecule is CNCCC1CN(C(=O)COc2ccc(Cl)cc2)CCN1Cc1ccc(F)cc1. The van der Waals surface area contributed by atoms with Gasteiger partial charge in [-0.25, -0.2) is 4.39 Å². The van der Waals surface area contributed by atoms with Gasteiger partial charge in [0.25, 0.3) is 5.91 Å². The molecule has 0 radical (unpaired) electrons. The number of halogens is 2. The molecule has 1 fully saturated rings. The van der Waals surface area contributed by atoms with Crippen molar-refractivity contribution in [2.75, 3.05) is 39.8 Å². The van der Waals surface area contributed by atoms with Crippen LogP contribution in [-0.2, 0) is 11.3 Å². The van der Waals surface area contributed by atoms with Crippen molar-refractivity contribution in [3.05, 3.63) is 64.9 Å². The molecule has 2 aromatic rings. The van der Waals surface area contributed by atoms with Gasteiger partial charge in [-0.2, -0.15) is 0 Å². The molecule has 0 saturated carbocycles. The number of nitrogens with zero attached hydrogens (tertiary/aromatic N) is 2. The molecular weight excluding hydrogens is 393 g/mol. The van der Waals surface area contributed by atoms with E-state index in [4.69, 9.17) is 16.3 Å². The minimum absolute atomic E-state index is 0.0122.